The zero-order chi connectivity index (χ0) is 16.5. The van der Waals surface area contributed by atoms with Gasteiger partial charge in [0.1, 0.15) is 5.82 Å². The van der Waals surface area contributed by atoms with Crippen LogP contribution in [0.15, 0.2) is 30.3 Å². The highest BCUT2D eigenvalue weighted by Crippen LogP contribution is 2.41. The fraction of sp³-hybridized carbons (Fsp3) is 0.526. The van der Waals surface area contributed by atoms with Crippen molar-refractivity contribution in [1.82, 2.24) is 15.1 Å². The number of benzene rings is 1. The van der Waals surface area contributed by atoms with Crippen LogP contribution in [0.4, 0.5) is 5.82 Å². The second kappa shape index (κ2) is 6.57. The van der Waals surface area contributed by atoms with Gasteiger partial charge in [0.15, 0.2) is 0 Å². The van der Waals surface area contributed by atoms with Crippen LogP contribution < -0.4 is 10.2 Å². The van der Waals surface area contributed by atoms with Gasteiger partial charge >= 0.3 is 0 Å². The van der Waals surface area contributed by atoms with Gasteiger partial charge < -0.3 is 15.0 Å². The second-order valence-electron chi connectivity index (χ2n) is 6.85. The molecule has 0 unspecified atom stereocenters. The first-order valence-electron chi connectivity index (χ1n) is 8.87. The van der Waals surface area contributed by atoms with Crippen molar-refractivity contribution in [1.29, 1.82) is 0 Å². The molecule has 1 N–H and O–H groups in total. The molecular weight excluding hydrogens is 300 g/mol. The molecule has 1 saturated heterocycles. The molecule has 24 heavy (non-hydrogen) atoms. The monoisotopic (exact) mass is 326 g/mol. The Bertz CT molecular complexity index is 691. The van der Waals surface area contributed by atoms with E-state index in [-0.39, 0.29) is 0 Å². The van der Waals surface area contributed by atoms with Gasteiger partial charge in [-0.05, 0) is 18.9 Å². The number of nitrogens with zero attached hydrogens (tertiary/aromatic N) is 3. The largest absolute Gasteiger partial charge is 0.378 e. The lowest BCUT2D eigenvalue weighted by Gasteiger charge is -2.29. The Morgan fingerprint density at radius 3 is 2.71 bits per heavy atom. The summed E-state index contributed by atoms with van der Waals surface area (Å²) in [6.07, 6.45) is 1.23. The summed E-state index contributed by atoms with van der Waals surface area (Å²) in [4.78, 5) is 2.40. The highest BCUT2D eigenvalue weighted by atomic mass is 16.5. The van der Waals surface area contributed by atoms with Crippen LogP contribution in [0.5, 0.6) is 0 Å². The van der Waals surface area contributed by atoms with Crippen molar-refractivity contribution in [3.8, 4) is 0 Å². The lowest BCUT2D eigenvalue weighted by atomic mass is 10.1. The Morgan fingerprint density at radius 1 is 1.21 bits per heavy atom. The lowest BCUT2D eigenvalue weighted by Crippen LogP contribution is -2.38. The molecule has 2 atom stereocenters. The van der Waals surface area contributed by atoms with Crippen molar-refractivity contribution in [2.24, 2.45) is 7.05 Å². The molecular formula is C19H26N4O. The summed E-state index contributed by atoms with van der Waals surface area (Å²) in [6.45, 7) is 6.50. The average Bonchev–Trinajstić information content (AvgIpc) is 3.33. The summed E-state index contributed by atoms with van der Waals surface area (Å²) in [6, 6.07) is 11.4. The number of nitrogens with one attached hydrogen (secondary N) is 1. The molecule has 5 heteroatoms. The molecule has 1 aromatic carbocycles. The maximum absolute atomic E-state index is 5.49. The van der Waals surface area contributed by atoms with E-state index < -0.39 is 0 Å². The van der Waals surface area contributed by atoms with E-state index in [2.05, 4.69) is 52.6 Å². The van der Waals surface area contributed by atoms with Gasteiger partial charge in [0.05, 0.1) is 18.9 Å². The van der Waals surface area contributed by atoms with E-state index in [0.29, 0.717) is 12.0 Å². The van der Waals surface area contributed by atoms with E-state index in [1.807, 2.05) is 11.7 Å². The first-order valence-corrected chi connectivity index (χ1v) is 8.87. The minimum Gasteiger partial charge on any atom is -0.378 e. The number of anilines is 1. The van der Waals surface area contributed by atoms with Gasteiger partial charge in [-0.1, -0.05) is 30.3 Å². The van der Waals surface area contributed by atoms with Crippen LogP contribution in [0.1, 0.15) is 29.2 Å². The highest BCUT2D eigenvalue weighted by Gasteiger charge is 2.38. The van der Waals surface area contributed by atoms with Crippen LogP contribution in [0.2, 0.25) is 0 Å². The molecule has 1 aromatic heterocycles. The maximum atomic E-state index is 5.49. The third-order valence-corrected chi connectivity index (χ3v) is 5.18. The summed E-state index contributed by atoms with van der Waals surface area (Å²) in [5, 5.41) is 8.40. The topological polar surface area (TPSA) is 42.3 Å². The Balaban J connectivity index is 1.44. The molecule has 4 rings (SSSR count). The fourth-order valence-corrected chi connectivity index (χ4v) is 3.79. The quantitative estimate of drug-likeness (QED) is 0.915. The van der Waals surface area contributed by atoms with Crippen molar-refractivity contribution in [3.05, 3.63) is 47.2 Å². The third-order valence-electron chi connectivity index (χ3n) is 5.18. The van der Waals surface area contributed by atoms with Crippen LogP contribution in [0.3, 0.4) is 0 Å². The Morgan fingerprint density at radius 2 is 1.96 bits per heavy atom. The number of aromatic nitrogens is 2. The minimum atomic E-state index is 0.588. The lowest BCUT2D eigenvalue weighted by molar-refractivity contribution is 0.122. The van der Waals surface area contributed by atoms with Gasteiger partial charge in [-0.3, -0.25) is 4.68 Å². The number of rotatable bonds is 5. The van der Waals surface area contributed by atoms with Crippen LogP contribution >= 0.6 is 0 Å². The predicted molar refractivity (Wildman–Crippen MR) is 95.4 cm³/mol. The molecule has 128 valence electrons. The molecule has 2 fully saturated rings. The van der Waals surface area contributed by atoms with E-state index in [9.17, 15) is 0 Å². The van der Waals surface area contributed by atoms with E-state index >= 15 is 0 Å². The van der Waals surface area contributed by atoms with E-state index in [4.69, 9.17) is 4.74 Å². The summed E-state index contributed by atoms with van der Waals surface area (Å²) >= 11 is 0. The highest BCUT2D eigenvalue weighted by molar-refractivity contribution is 5.50. The van der Waals surface area contributed by atoms with Gasteiger partial charge in [0.2, 0.25) is 0 Å². The van der Waals surface area contributed by atoms with Gasteiger partial charge in [-0.15, -0.1) is 0 Å². The number of hydrogen-bond donors (Lipinski definition) is 1. The molecule has 2 aromatic rings. The standard InChI is InChI=1S/C19H26N4O/c1-14-17(19(22(2)21-14)23-8-10-24-11-9-23)13-20-18-12-16(18)15-6-4-3-5-7-15/h3-7,16,18,20H,8-13H2,1-2H3/t16-,18+/m1/s1. The molecule has 2 heterocycles. The predicted octanol–water partition coefficient (Wildman–Crippen LogP) is 2.21. The fourth-order valence-electron chi connectivity index (χ4n) is 3.79. The van der Waals surface area contributed by atoms with Crippen molar-refractivity contribution in [2.75, 3.05) is 31.2 Å². The maximum Gasteiger partial charge on any atom is 0.131 e. The van der Waals surface area contributed by atoms with Gasteiger partial charge in [0.25, 0.3) is 0 Å². The van der Waals surface area contributed by atoms with Crippen LogP contribution in [0, 0.1) is 6.92 Å². The van der Waals surface area contributed by atoms with Crippen molar-refractivity contribution in [2.45, 2.75) is 31.8 Å². The first-order chi connectivity index (χ1) is 11.7. The van der Waals surface area contributed by atoms with Gasteiger partial charge in [0, 0.05) is 44.2 Å². The van der Waals surface area contributed by atoms with Gasteiger partial charge in [-0.25, -0.2) is 0 Å². The third kappa shape index (κ3) is 3.06. The zero-order valence-electron chi connectivity index (χ0n) is 14.5. The minimum absolute atomic E-state index is 0.588. The van der Waals surface area contributed by atoms with E-state index in [1.54, 1.807) is 0 Å². The number of hydrogen-bond acceptors (Lipinski definition) is 4. The van der Waals surface area contributed by atoms with E-state index in [0.717, 1.165) is 38.5 Å². The summed E-state index contributed by atoms with van der Waals surface area (Å²) in [5.41, 5.74) is 3.91. The van der Waals surface area contributed by atoms with Gasteiger partial charge in [-0.2, -0.15) is 5.10 Å². The number of aryl methyl sites for hydroxylation is 2. The number of morpholine rings is 1. The molecule has 1 aliphatic heterocycles. The summed E-state index contributed by atoms with van der Waals surface area (Å²) in [5.74, 6) is 1.91. The molecule has 5 nitrogen and oxygen atoms in total. The second-order valence-corrected chi connectivity index (χ2v) is 6.85. The zero-order valence-corrected chi connectivity index (χ0v) is 14.5. The SMILES string of the molecule is Cc1nn(C)c(N2CCOCC2)c1CN[C@H]1C[C@@H]1c1ccccc1. The van der Waals surface area contributed by atoms with Crippen LogP contribution in [-0.2, 0) is 18.3 Å². The van der Waals surface area contributed by atoms with Crippen molar-refractivity contribution >= 4 is 5.82 Å². The summed E-state index contributed by atoms with van der Waals surface area (Å²) in [7, 11) is 2.05. The van der Waals surface area contributed by atoms with Crippen molar-refractivity contribution in [3.63, 3.8) is 0 Å². The molecule has 1 saturated carbocycles. The Labute approximate surface area is 143 Å². The van der Waals surface area contributed by atoms with E-state index in [1.165, 1.54) is 23.4 Å². The number of ether oxygens (including phenoxy) is 1. The van der Waals surface area contributed by atoms with Crippen LogP contribution in [0.25, 0.3) is 0 Å². The molecule has 0 amide bonds. The normalized spacial score (nSPS) is 23.5. The van der Waals surface area contributed by atoms with Crippen LogP contribution in [-0.4, -0.2) is 42.1 Å². The Hall–Kier alpha value is -1.85. The Kier molecular flexibility index (Phi) is 4.29. The molecule has 0 radical (unpaired) electrons. The molecule has 1 aliphatic carbocycles. The molecule has 0 bridgehead atoms. The van der Waals surface area contributed by atoms with Crippen molar-refractivity contribution < 1.29 is 4.74 Å². The molecule has 2 aliphatic rings. The smallest absolute Gasteiger partial charge is 0.131 e. The average molecular weight is 326 g/mol. The first kappa shape index (κ1) is 15.7. The summed E-state index contributed by atoms with van der Waals surface area (Å²) < 4.78 is 7.52. The molecule has 0 spiro atoms.